The van der Waals surface area contributed by atoms with Crippen LogP contribution >= 0.6 is 0 Å². The van der Waals surface area contributed by atoms with Gasteiger partial charge in [0.1, 0.15) is 5.75 Å². The quantitative estimate of drug-likeness (QED) is 0.628. The second kappa shape index (κ2) is 5.29. The van der Waals surface area contributed by atoms with Crippen LogP contribution in [0.2, 0.25) is 0 Å². The first-order valence-electron chi connectivity index (χ1n) is 5.11. The predicted octanol–water partition coefficient (Wildman–Crippen LogP) is 2.18. The van der Waals surface area contributed by atoms with Gasteiger partial charge in [-0.2, -0.15) is 0 Å². The van der Waals surface area contributed by atoms with Gasteiger partial charge in [-0.1, -0.05) is 0 Å². The molecule has 1 atom stereocenters. The molecule has 1 aromatic rings. The van der Waals surface area contributed by atoms with E-state index in [0.717, 1.165) is 0 Å². The maximum atomic E-state index is 10.9. The first-order chi connectivity index (χ1) is 7.97. The van der Waals surface area contributed by atoms with Crippen molar-refractivity contribution < 1.29 is 19.6 Å². The molecule has 0 saturated heterocycles. The zero-order valence-corrected chi connectivity index (χ0v) is 9.54. The summed E-state index contributed by atoms with van der Waals surface area (Å²) >= 11 is 0. The van der Waals surface area contributed by atoms with Crippen LogP contribution in [0.1, 0.15) is 25.3 Å². The Morgan fingerprint density at radius 2 is 2.24 bits per heavy atom. The maximum absolute atomic E-state index is 10.9. The highest BCUT2D eigenvalue weighted by molar-refractivity contribution is 5.77. The van der Waals surface area contributed by atoms with Crippen molar-refractivity contribution in [2.24, 2.45) is 0 Å². The fraction of sp³-hybridized carbons (Fsp3) is 0.364. The first-order valence-corrected chi connectivity index (χ1v) is 5.11. The molecular weight excluding hydrogens is 226 g/mol. The van der Waals surface area contributed by atoms with E-state index in [4.69, 9.17) is 9.84 Å². The molecule has 0 aliphatic carbocycles. The van der Waals surface area contributed by atoms with E-state index >= 15 is 0 Å². The Kier molecular flexibility index (Phi) is 4.03. The summed E-state index contributed by atoms with van der Waals surface area (Å²) in [5.74, 6) is -1.66. The molecule has 0 fully saturated rings. The van der Waals surface area contributed by atoms with Crippen LogP contribution in [0.15, 0.2) is 18.2 Å². The summed E-state index contributed by atoms with van der Waals surface area (Å²) in [4.78, 5) is 21.1. The van der Waals surface area contributed by atoms with E-state index in [2.05, 4.69) is 0 Å². The molecule has 1 rings (SSSR count). The van der Waals surface area contributed by atoms with Gasteiger partial charge in [-0.15, -0.1) is 0 Å². The molecular formula is C11H13NO5. The number of hydrogen-bond acceptors (Lipinski definition) is 4. The Hall–Kier alpha value is -2.11. The minimum absolute atomic E-state index is 0.172. The van der Waals surface area contributed by atoms with Gasteiger partial charge in [0, 0.05) is 5.56 Å². The highest BCUT2D eigenvalue weighted by atomic mass is 16.6. The van der Waals surface area contributed by atoms with Crippen molar-refractivity contribution in [3.05, 3.63) is 33.9 Å². The van der Waals surface area contributed by atoms with Crippen molar-refractivity contribution in [1.82, 2.24) is 0 Å². The second-order valence-corrected chi connectivity index (χ2v) is 3.47. The number of ether oxygens (including phenoxy) is 1. The number of rotatable bonds is 5. The molecule has 0 radical (unpaired) electrons. The minimum Gasteiger partial charge on any atom is -0.494 e. The summed E-state index contributed by atoms with van der Waals surface area (Å²) in [5, 5.41) is 19.7. The molecule has 1 unspecified atom stereocenters. The average molecular weight is 239 g/mol. The SMILES string of the molecule is CCOc1ccc(C(C)C(=O)O)c([N+](=O)[O-])c1. The molecule has 0 spiro atoms. The lowest BCUT2D eigenvalue weighted by molar-refractivity contribution is -0.385. The van der Waals surface area contributed by atoms with Crippen molar-refractivity contribution in [3.8, 4) is 5.75 Å². The van der Waals surface area contributed by atoms with E-state index in [0.29, 0.717) is 12.4 Å². The second-order valence-electron chi connectivity index (χ2n) is 3.47. The fourth-order valence-corrected chi connectivity index (χ4v) is 1.44. The topological polar surface area (TPSA) is 89.7 Å². The van der Waals surface area contributed by atoms with E-state index in [9.17, 15) is 14.9 Å². The Morgan fingerprint density at radius 1 is 1.59 bits per heavy atom. The fourth-order valence-electron chi connectivity index (χ4n) is 1.44. The van der Waals surface area contributed by atoms with Crippen molar-refractivity contribution >= 4 is 11.7 Å². The molecule has 0 saturated carbocycles. The Bertz CT molecular complexity index is 443. The number of hydrogen-bond donors (Lipinski definition) is 1. The van der Waals surface area contributed by atoms with Gasteiger partial charge in [-0.3, -0.25) is 14.9 Å². The number of nitro benzene ring substituents is 1. The number of benzene rings is 1. The molecule has 0 amide bonds. The monoisotopic (exact) mass is 239 g/mol. The van der Waals surface area contributed by atoms with E-state index < -0.39 is 16.8 Å². The minimum atomic E-state index is -1.10. The molecule has 0 bridgehead atoms. The molecule has 6 nitrogen and oxygen atoms in total. The van der Waals surface area contributed by atoms with Crippen LogP contribution in [-0.4, -0.2) is 22.6 Å². The van der Waals surface area contributed by atoms with Gasteiger partial charge < -0.3 is 9.84 Å². The van der Waals surface area contributed by atoms with Gasteiger partial charge >= 0.3 is 5.97 Å². The lowest BCUT2D eigenvalue weighted by Crippen LogP contribution is -2.10. The van der Waals surface area contributed by atoms with Gasteiger partial charge in [0.05, 0.1) is 23.5 Å². The smallest absolute Gasteiger partial charge is 0.310 e. The lowest BCUT2D eigenvalue weighted by atomic mass is 9.99. The van der Waals surface area contributed by atoms with E-state index in [-0.39, 0.29) is 11.3 Å². The van der Waals surface area contributed by atoms with E-state index in [1.54, 1.807) is 6.92 Å². The van der Waals surface area contributed by atoms with Crippen LogP contribution in [0.3, 0.4) is 0 Å². The maximum Gasteiger partial charge on any atom is 0.310 e. The zero-order valence-electron chi connectivity index (χ0n) is 9.54. The van der Waals surface area contributed by atoms with Crippen molar-refractivity contribution in [1.29, 1.82) is 0 Å². The zero-order chi connectivity index (χ0) is 13.0. The Balaban J connectivity index is 3.22. The largest absolute Gasteiger partial charge is 0.494 e. The molecule has 92 valence electrons. The summed E-state index contributed by atoms with van der Waals surface area (Å²) in [6.07, 6.45) is 0. The van der Waals surface area contributed by atoms with Crippen LogP contribution in [0.4, 0.5) is 5.69 Å². The highest BCUT2D eigenvalue weighted by Gasteiger charge is 2.24. The number of carbonyl (C=O) groups is 1. The number of carboxylic acid groups (broad SMARTS) is 1. The molecule has 1 aromatic carbocycles. The highest BCUT2D eigenvalue weighted by Crippen LogP contribution is 2.30. The van der Waals surface area contributed by atoms with Gasteiger partial charge in [0.15, 0.2) is 0 Å². The Labute approximate surface area is 98.0 Å². The van der Waals surface area contributed by atoms with Gasteiger partial charge in [-0.05, 0) is 26.0 Å². The molecule has 6 heteroatoms. The standard InChI is InChI=1S/C11H13NO5/c1-3-17-8-4-5-9(7(2)11(13)14)10(6-8)12(15)16/h4-7H,3H2,1-2H3,(H,13,14). The average Bonchev–Trinajstić information content (AvgIpc) is 2.28. The van der Waals surface area contributed by atoms with Gasteiger partial charge in [-0.25, -0.2) is 0 Å². The normalized spacial score (nSPS) is 11.9. The lowest BCUT2D eigenvalue weighted by Gasteiger charge is -2.09. The summed E-state index contributed by atoms with van der Waals surface area (Å²) in [6.45, 7) is 3.57. The van der Waals surface area contributed by atoms with Gasteiger partial charge in [0.25, 0.3) is 5.69 Å². The molecule has 1 N–H and O–H groups in total. The molecule has 0 heterocycles. The predicted molar refractivity (Wildman–Crippen MR) is 60.3 cm³/mol. The summed E-state index contributed by atoms with van der Waals surface area (Å²) in [6, 6.07) is 4.20. The Morgan fingerprint density at radius 3 is 2.71 bits per heavy atom. The molecule has 0 aliphatic heterocycles. The van der Waals surface area contributed by atoms with E-state index in [1.807, 2.05) is 0 Å². The number of carboxylic acids is 1. The van der Waals surface area contributed by atoms with Crippen LogP contribution in [0.25, 0.3) is 0 Å². The first kappa shape index (κ1) is 13.0. The third kappa shape index (κ3) is 2.93. The third-order valence-corrected chi connectivity index (χ3v) is 2.35. The van der Waals surface area contributed by atoms with E-state index in [1.165, 1.54) is 25.1 Å². The summed E-state index contributed by atoms with van der Waals surface area (Å²) in [5.41, 5.74) is -0.0585. The summed E-state index contributed by atoms with van der Waals surface area (Å²) < 4.78 is 5.14. The van der Waals surface area contributed by atoms with Gasteiger partial charge in [0.2, 0.25) is 0 Å². The number of aliphatic carboxylic acids is 1. The number of nitrogens with zero attached hydrogens (tertiary/aromatic N) is 1. The molecule has 0 aliphatic rings. The molecule has 0 aromatic heterocycles. The third-order valence-electron chi connectivity index (χ3n) is 2.35. The van der Waals surface area contributed by atoms with Crippen LogP contribution in [-0.2, 0) is 4.79 Å². The van der Waals surface area contributed by atoms with Crippen LogP contribution < -0.4 is 4.74 Å². The van der Waals surface area contributed by atoms with Crippen LogP contribution in [0, 0.1) is 10.1 Å². The summed E-state index contributed by atoms with van der Waals surface area (Å²) in [7, 11) is 0. The van der Waals surface area contributed by atoms with Crippen molar-refractivity contribution in [2.75, 3.05) is 6.61 Å². The van der Waals surface area contributed by atoms with Crippen LogP contribution in [0.5, 0.6) is 5.75 Å². The molecule has 17 heavy (non-hydrogen) atoms. The van der Waals surface area contributed by atoms with Crippen molar-refractivity contribution in [2.45, 2.75) is 19.8 Å². The number of nitro groups is 1. The van der Waals surface area contributed by atoms with Crippen molar-refractivity contribution in [3.63, 3.8) is 0 Å².